The molecule has 1 rings (SSSR count). The van der Waals surface area contributed by atoms with Crippen molar-refractivity contribution in [2.75, 3.05) is 6.54 Å². The van der Waals surface area contributed by atoms with Crippen LogP contribution in [0.15, 0.2) is 0 Å². The van der Waals surface area contributed by atoms with E-state index in [1.807, 2.05) is 13.8 Å². The highest BCUT2D eigenvalue weighted by Gasteiger charge is 2.38. The number of aliphatic carboxylic acids is 1. The van der Waals surface area contributed by atoms with E-state index in [2.05, 4.69) is 5.32 Å². The summed E-state index contributed by atoms with van der Waals surface area (Å²) in [5.41, 5.74) is 5.22. The molecule has 4 N–H and O–H groups in total. The van der Waals surface area contributed by atoms with Crippen LogP contribution >= 0.6 is 0 Å². The number of alkyl halides is 3. The van der Waals surface area contributed by atoms with Gasteiger partial charge in [-0.2, -0.15) is 13.2 Å². The molecule has 1 heterocycles. The van der Waals surface area contributed by atoms with Crippen molar-refractivity contribution in [3.8, 4) is 0 Å². The summed E-state index contributed by atoms with van der Waals surface area (Å²) in [7, 11) is 0. The minimum atomic E-state index is -5.08. The van der Waals surface area contributed by atoms with Gasteiger partial charge in [0.05, 0.1) is 6.04 Å². The number of hydrogen-bond acceptors (Lipinski definition) is 4. The average Bonchev–Trinajstić information content (AvgIpc) is 2.80. The zero-order valence-electron chi connectivity index (χ0n) is 11.7. The van der Waals surface area contributed by atoms with E-state index in [9.17, 15) is 22.8 Å². The Kier molecular flexibility index (Phi) is 7.34. The SMILES string of the molecule is CC(C)C(C(N)=O)C(=O)[C@@H]1CCCN1.O=C(O)C(F)(F)F. The molecule has 0 aliphatic carbocycles. The molecule has 21 heavy (non-hydrogen) atoms. The standard InChI is InChI=1S/C10H18N2O2.C2HF3O2/c1-6(2)8(10(11)14)9(13)7-4-3-5-12-7;3-2(4,5)1(6)7/h6-8,12H,3-5H2,1-2H3,(H2,11,14);(H,6,7)/t7-,8?;/m0./s1. The van der Waals surface area contributed by atoms with Gasteiger partial charge in [-0.3, -0.25) is 9.59 Å². The average molecular weight is 312 g/mol. The minimum Gasteiger partial charge on any atom is -0.475 e. The van der Waals surface area contributed by atoms with E-state index < -0.39 is 24.0 Å². The second-order valence-corrected chi connectivity index (χ2v) is 4.98. The van der Waals surface area contributed by atoms with Crippen molar-refractivity contribution < 1.29 is 32.7 Å². The number of nitrogens with two attached hydrogens (primary N) is 1. The van der Waals surface area contributed by atoms with Gasteiger partial charge in [-0.05, 0) is 25.3 Å². The molecule has 0 bridgehead atoms. The van der Waals surface area contributed by atoms with Crippen LogP contribution in [0.3, 0.4) is 0 Å². The van der Waals surface area contributed by atoms with Crippen LogP contribution in [0.2, 0.25) is 0 Å². The lowest BCUT2D eigenvalue weighted by molar-refractivity contribution is -0.192. The number of amides is 1. The van der Waals surface area contributed by atoms with Gasteiger partial charge in [-0.25, -0.2) is 4.79 Å². The van der Waals surface area contributed by atoms with E-state index in [1.165, 1.54) is 0 Å². The van der Waals surface area contributed by atoms with Crippen LogP contribution < -0.4 is 11.1 Å². The summed E-state index contributed by atoms with van der Waals surface area (Å²) in [5, 5.41) is 10.2. The number of carbonyl (C=O) groups excluding carboxylic acids is 2. The van der Waals surface area contributed by atoms with Crippen LogP contribution in [-0.2, 0) is 14.4 Å². The highest BCUT2D eigenvalue weighted by Crippen LogP contribution is 2.17. The second-order valence-electron chi connectivity index (χ2n) is 4.98. The van der Waals surface area contributed by atoms with Crippen molar-refractivity contribution >= 4 is 17.7 Å². The Morgan fingerprint density at radius 1 is 1.29 bits per heavy atom. The quantitative estimate of drug-likeness (QED) is 0.662. The molecule has 1 saturated heterocycles. The molecule has 0 aromatic rings. The maximum atomic E-state index is 11.9. The normalized spacial score (nSPS) is 19.6. The third-order valence-corrected chi connectivity index (χ3v) is 2.93. The van der Waals surface area contributed by atoms with E-state index in [0.29, 0.717) is 0 Å². The number of halogens is 3. The molecule has 6 nitrogen and oxygen atoms in total. The lowest BCUT2D eigenvalue weighted by atomic mass is 9.87. The fourth-order valence-electron chi connectivity index (χ4n) is 1.94. The van der Waals surface area contributed by atoms with E-state index in [1.54, 1.807) is 0 Å². The van der Waals surface area contributed by atoms with Crippen LogP contribution in [0.4, 0.5) is 13.2 Å². The summed E-state index contributed by atoms with van der Waals surface area (Å²) < 4.78 is 31.7. The third kappa shape index (κ3) is 6.56. The first-order chi connectivity index (χ1) is 9.48. The summed E-state index contributed by atoms with van der Waals surface area (Å²) in [6.07, 6.45) is -3.25. The fourth-order valence-corrected chi connectivity index (χ4v) is 1.94. The maximum Gasteiger partial charge on any atom is 0.490 e. The van der Waals surface area contributed by atoms with Crippen molar-refractivity contribution in [2.24, 2.45) is 17.6 Å². The molecule has 122 valence electrons. The number of carboxylic acids is 1. The monoisotopic (exact) mass is 312 g/mol. The molecule has 0 spiro atoms. The number of ketones is 1. The molecule has 0 aromatic heterocycles. The van der Waals surface area contributed by atoms with Gasteiger partial charge in [-0.1, -0.05) is 13.8 Å². The van der Waals surface area contributed by atoms with Crippen LogP contribution in [0.5, 0.6) is 0 Å². The summed E-state index contributed by atoms with van der Waals surface area (Å²) in [5.74, 6) is -3.94. The highest BCUT2D eigenvalue weighted by molar-refractivity contribution is 6.03. The molecule has 1 fully saturated rings. The Hall–Kier alpha value is -1.64. The molecule has 0 saturated carbocycles. The van der Waals surface area contributed by atoms with Gasteiger partial charge in [0.15, 0.2) is 5.78 Å². The second kappa shape index (κ2) is 7.96. The highest BCUT2D eigenvalue weighted by atomic mass is 19.4. The van der Waals surface area contributed by atoms with Crippen molar-refractivity contribution in [1.82, 2.24) is 5.32 Å². The Balaban J connectivity index is 0.000000486. The number of nitrogens with one attached hydrogen (secondary N) is 1. The summed E-state index contributed by atoms with van der Waals surface area (Å²) in [6, 6.07) is -0.158. The summed E-state index contributed by atoms with van der Waals surface area (Å²) >= 11 is 0. The molecule has 0 aromatic carbocycles. The summed E-state index contributed by atoms with van der Waals surface area (Å²) in [6.45, 7) is 4.56. The lowest BCUT2D eigenvalue weighted by Crippen LogP contribution is -2.43. The largest absolute Gasteiger partial charge is 0.490 e. The Morgan fingerprint density at radius 2 is 1.76 bits per heavy atom. The number of carboxylic acid groups (broad SMARTS) is 1. The number of hydrogen-bond donors (Lipinski definition) is 3. The molecule has 9 heteroatoms. The van der Waals surface area contributed by atoms with Crippen LogP contribution in [0.1, 0.15) is 26.7 Å². The van der Waals surface area contributed by atoms with Gasteiger partial charge in [0.2, 0.25) is 5.91 Å². The van der Waals surface area contributed by atoms with Crippen molar-refractivity contribution in [3.05, 3.63) is 0 Å². The zero-order valence-corrected chi connectivity index (χ0v) is 11.7. The topological polar surface area (TPSA) is 109 Å². The molecular formula is C12H19F3N2O4. The van der Waals surface area contributed by atoms with Crippen molar-refractivity contribution in [2.45, 2.75) is 38.9 Å². The first-order valence-electron chi connectivity index (χ1n) is 6.35. The molecule has 1 amide bonds. The predicted molar refractivity (Wildman–Crippen MR) is 67.2 cm³/mol. The molecular weight excluding hydrogens is 293 g/mol. The predicted octanol–water partition coefficient (Wildman–Crippen LogP) is 0.698. The lowest BCUT2D eigenvalue weighted by Gasteiger charge is -2.19. The molecule has 2 atom stereocenters. The van der Waals surface area contributed by atoms with Gasteiger partial charge >= 0.3 is 12.1 Å². The van der Waals surface area contributed by atoms with Crippen molar-refractivity contribution in [3.63, 3.8) is 0 Å². The van der Waals surface area contributed by atoms with E-state index >= 15 is 0 Å². The molecule has 1 aliphatic rings. The van der Waals surface area contributed by atoms with E-state index in [0.717, 1.165) is 19.4 Å². The van der Waals surface area contributed by atoms with Gasteiger partial charge in [0.1, 0.15) is 5.92 Å². The molecule has 0 radical (unpaired) electrons. The minimum absolute atomic E-state index is 0.0117. The number of rotatable bonds is 4. The number of Topliss-reactive ketones (excluding diaryl/α,β-unsaturated/α-hetero) is 1. The zero-order chi connectivity index (χ0) is 16.8. The van der Waals surface area contributed by atoms with Crippen LogP contribution in [0, 0.1) is 11.8 Å². The van der Waals surface area contributed by atoms with Gasteiger partial charge in [0, 0.05) is 0 Å². The smallest absolute Gasteiger partial charge is 0.475 e. The van der Waals surface area contributed by atoms with Gasteiger partial charge in [-0.15, -0.1) is 0 Å². The first kappa shape index (κ1) is 19.4. The third-order valence-electron chi connectivity index (χ3n) is 2.93. The first-order valence-corrected chi connectivity index (χ1v) is 6.35. The molecule has 1 unspecified atom stereocenters. The van der Waals surface area contributed by atoms with Crippen LogP contribution in [0.25, 0.3) is 0 Å². The van der Waals surface area contributed by atoms with Crippen LogP contribution in [-0.4, -0.2) is 41.5 Å². The van der Waals surface area contributed by atoms with Gasteiger partial charge < -0.3 is 16.2 Å². The fraction of sp³-hybridized carbons (Fsp3) is 0.750. The maximum absolute atomic E-state index is 11.9. The number of primary amides is 1. The van der Waals surface area contributed by atoms with Gasteiger partial charge in [0.25, 0.3) is 0 Å². The van der Waals surface area contributed by atoms with E-state index in [-0.39, 0.29) is 17.7 Å². The Bertz CT molecular complexity index is 390. The Labute approximate surface area is 119 Å². The molecule has 1 aliphatic heterocycles. The van der Waals surface area contributed by atoms with E-state index in [4.69, 9.17) is 15.6 Å². The Morgan fingerprint density at radius 3 is 2.00 bits per heavy atom. The van der Waals surface area contributed by atoms with Crippen molar-refractivity contribution in [1.29, 1.82) is 0 Å². The number of carbonyl (C=O) groups is 3. The summed E-state index contributed by atoms with van der Waals surface area (Å²) in [4.78, 5) is 31.9.